The normalized spacial score (nSPS) is 10.5. The molecule has 3 aromatic rings. The van der Waals surface area contributed by atoms with E-state index in [0.29, 0.717) is 17.2 Å². The fourth-order valence-corrected chi connectivity index (χ4v) is 2.49. The maximum atomic E-state index is 5.41. The largest absolute Gasteiger partial charge is 0.493 e. The monoisotopic (exact) mass is 295 g/mol. The predicted octanol–water partition coefficient (Wildman–Crippen LogP) is 3.93. The minimum atomic E-state index is 0.590. The van der Waals surface area contributed by atoms with Crippen LogP contribution in [0.25, 0.3) is 22.0 Å². The molecule has 4 nitrogen and oxygen atoms in total. The van der Waals surface area contributed by atoms with E-state index in [1.54, 1.807) is 27.5 Å². The molecule has 0 unspecified atom stereocenters. The van der Waals surface area contributed by atoms with Gasteiger partial charge in [0.25, 0.3) is 0 Å². The molecule has 0 fully saturated rings. The average molecular weight is 295 g/mol. The molecule has 0 saturated carbocycles. The van der Waals surface area contributed by atoms with E-state index in [4.69, 9.17) is 14.2 Å². The number of methoxy groups -OCH3 is 3. The van der Waals surface area contributed by atoms with Gasteiger partial charge in [-0.2, -0.15) is 0 Å². The zero-order chi connectivity index (χ0) is 15.5. The van der Waals surface area contributed by atoms with Crippen LogP contribution in [0.15, 0.2) is 48.7 Å². The van der Waals surface area contributed by atoms with Crippen LogP contribution in [0.1, 0.15) is 0 Å². The van der Waals surface area contributed by atoms with E-state index >= 15 is 0 Å². The van der Waals surface area contributed by atoms with Crippen molar-refractivity contribution in [2.45, 2.75) is 0 Å². The number of pyridine rings is 1. The van der Waals surface area contributed by atoms with Crippen molar-refractivity contribution in [1.82, 2.24) is 4.98 Å². The van der Waals surface area contributed by atoms with Gasteiger partial charge in [-0.25, -0.2) is 0 Å². The molecular weight excluding hydrogens is 278 g/mol. The lowest BCUT2D eigenvalue weighted by Gasteiger charge is -2.14. The quantitative estimate of drug-likeness (QED) is 0.731. The maximum absolute atomic E-state index is 5.41. The lowest BCUT2D eigenvalue weighted by molar-refractivity contribution is 0.324. The van der Waals surface area contributed by atoms with Crippen molar-refractivity contribution in [2.24, 2.45) is 0 Å². The lowest BCUT2D eigenvalue weighted by atomic mass is 10.0. The number of fused-ring (bicyclic) bond motifs is 1. The average Bonchev–Trinajstić information content (AvgIpc) is 2.59. The van der Waals surface area contributed by atoms with Crippen molar-refractivity contribution in [3.8, 4) is 28.4 Å². The van der Waals surface area contributed by atoms with Gasteiger partial charge in [0.1, 0.15) is 0 Å². The van der Waals surface area contributed by atoms with Crippen molar-refractivity contribution >= 4 is 10.9 Å². The minimum absolute atomic E-state index is 0.590. The van der Waals surface area contributed by atoms with E-state index in [0.717, 1.165) is 22.0 Å². The van der Waals surface area contributed by atoms with Crippen LogP contribution >= 0.6 is 0 Å². The summed E-state index contributed by atoms with van der Waals surface area (Å²) < 4.78 is 16.2. The SMILES string of the molecule is COc1cc(-c2ccc3cccnc3c2)cc(OC)c1OC. The molecule has 0 atom stereocenters. The topological polar surface area (TPSA) is 40.6 Å². The zero-order valence-corrected chi connectivity index (χ0v) is 12.8. The van der Waals surface area contributed by atoms with Crippen LogP contribution in [0.4, 0.5) is 0 Å². The van der Waals surface area contributed by atoms with Crippen molar-refractivity contribution in [3.63, 3.8) is 0 Å². The number of nitrogens with zero attached hydrogens (tertiary/aromatic N) is 1. The van der Waals surface area contributed by atoms with Crippen molar-refractivity contribution in [2.75, 3.05) is 21.3 Å². The number of benzene rings is 2. The van der Waals surface area contributed by atoms with E-state index < -0.39 is 0 Å². The summed E-state index contributed by atoms with van der Waals surface area (Å²) in [5.74, 6) is 1.86. The number of hydrogen-bond acceptors (Lipinski definition) is 4. The Hall–Kier alpha value is -2.75. The molecule has 0 spiro atoms. The summed E-state index contributed by atoms with van der Waals surface area (Å²) in [5, 5.41) is 1.11. The van der Waals surface area contributed by atoms with Crippen LogP contribution in [-0.4, -0.2) is 26.3 Å². The van der Waals surface area contributed by atoms with Crippen molar-refractivity contribution in [3.05, 3.63) is 48.7 Å². The van der Waals surface area contributed by atoms with Crippen molar-refractivity contribution < 1.29 is 14.2 Å². The van der Waals surface area contributed by atoms with Crippen LogP contribution < -0.4 is 14.2 Å². The highest BCUT2D eigenvalue weighted by molar-refractivity contribution is 5.85. The summed E-state index contributed by atoms with van der Waals surface area (Å²) >= 11 is 0. The van der Waals surface area contributed by atoms with Crippen LogP contribution in [0, 0.1) is 0 Å². The fraction of sp³-hybridized carbons (Fsp3) is 0.167. The third kappa shape index (κ3) is 2.44. The van der Waals surface area contributed by atoms with Gasteiger partial charge in [-0.15, -0.1) is 0 Å². The van der Waals surface area contributed by atoms with E-state index in [2.05, 4.69) is 23.2 Å². The highest BCUT2D eigenvalue weighted by atomic mass is 16.5. The van der Waals surface area contributed by atoms with Gasteiger partial charge in [0.05, 0.1) is 26.8 Å². The van der Waals surface area contributed by atoms with E-state index in [-0.39, 0.29) is 0 Å². The number of ether oxygens (including phenoxy) is 3. The molecule has 0 aliphatic heterocycles. The van der Waals surface area contributed by atoms with Gasteiger partial charge in [-0.1, -0.05) is 18.2 Å². The first-order valence-corrected chi connectivity index (χ1v) is 6.92. The molecule has 0 aliphatic carbocycles. The zero-order valence-electron chi connectivity index (χ0n) is 12.8. The summed E-state index contributed by atoms with van der Waals surface area (Å²) in [5.41, 5.74) is 2.99. The Kier molecular flexibility index (Phi) is 3.83. The second-order valence-electron chi connectivity index (χ2n) is 4.82. The Morgan fingerprint density at radius 1 is 0.773 bits per heavy atom. The maximum Gasteiger partial charge on any atom is 0.203 e. The third-order valence-corrected chi connectivity index (χ3v) is 3.60. The molecule has 3 rings (SSSR count). The van der Waals surface area contributed by atoms with E-state index in [9.17, 15) is 0 Å². The van der Waals surface area contributed by atoms with Crippen molar-refractivity contribution in [1.29, 1.82) is 0 Å². The predicted molar refractivity (Wildman–Crippen MR) is 86.8 cm³/mol. The molecule has 0 aliphatic rings. The lowest BCUT2D eigenvalue weighted by Crippen LogP contribution is -1.95. The van der Waals surface area contributed by atoms with Crippen LogP contribution in [0.3, 0.4) is 0 Å². The van der Waals surface area contributed by atoms with Crippen LogP contribution in [-0.2, 0) is 0 Å². The molecule has 112 valence electrons. The summed E-state index contributed by atoms with van der Waals surface area (Å²) in [4.78, 5) is 4.40. The summed E-state index contributed by atoms with van der Waals surface area (Å²) in [6.07, 6.45) is 1.79. The van der Waals surface area contributed by atoms with Gasteiger partial charge in [0.15, 0.2) is 11.5 Å². The molecule has 0 saturated heterocycles. The molecule has 1 heterocycles. The Balaban J connectivity index is 2.17. The molecule has 0 N–H and O–H groups in total. The highest BCUT2D eigenvalue weighted by Gasteiger charge is 2.14. The summed E-state index contributed by atoms with van der Waals surface area (Å²) in [6, 6.07) is 14.0. The molecular formula is C18H17NO3. The molecule has 0 amide bonds. The Morgan fingerprint density at radius 3 is 2.14 bits per heavy atom. The number of hydrogen-bond donors (Lipinski definition) is 0. The van der Waals surface area contributed by atoms with E-state index in [1.807, 2.05) is 24.3 Å². The number of rotatable bonds is 4. The first-order chi connectivity index (χ1) is 10.8. The smallest absolute Gasteiger partial charge is 0.203 e. The molecule has 2 aromatic carbocycles. The summed E-state index contributed by atoms with van der Waals surface area (Å²) in [7, 11) is 4.83. The second-order valence-corrected chi connectivity index (χ2v) is 4.82. The second kappa shape index (κ2) is 5.93. The molecule has 1 aromatic heterocycles. The molecule has 22 heavy (non-hydrogen) atoms. The Bertz CT molecular complexity index is 789. The highest BCUT2D eigenvalue weighted by Crippen LogP contribution is 2.41. The van der Waals surface area contributed by atoms with Gasteiger partial charge >= 0.3 is 0 Å². The first-order valence-electron chi connectivity index (χ1n) is 6.92. The molecule has 0 radical (unpaired) electrons. The standard InChI is InChI=1S/C18H17NO3/c1-20-16-10-14(11-17(21-2)18(16)22-3)13-7-6-12-5-4-8-19-15(12)9-13/h4-11H,1-3H3. The van der Waals surface area contributed by atoms with Gasteiger partial charge in [-0.3, -0.25) is 4.98 Å². The van der Waals surface area contributed by atoms with Gasteiger partial charge in [0.2, 0.25) is 5.75 Å². The van der Waals surface area contributed by atoms with Crippen LogP contribution in [0.2, 0.25) is 0 Å². The summed E-state index contributed by atoms with van der Waals surface area (Å²) in [6.45, 7) is 0. The van der Waals surface area contributed by atoms with E-state index in [1.165, 1.54) is 0 Å². The first kappa shape index (κ1) is 14.2. The van der Waals surface area contributed by atoms with Gasteiger partial charge in [0, 0.05) is 11.6 Å². The van der Waals surface area contributed by atoms with Gasteiger partial charge in [-0.05, 0) is 35.4 Å². The molecule has 4 heteroatoms. The Labute approximate surface area is 129 Å². The Morgan fingerprint density at radius 2 is 1.50 bits per heavy atom. The number of aromatic nitrogens is 1. The minimum Gasteiger partial charge on any atom is -0.493 e. The fourth-order valence-electron chi connectivity index (χ4n) is 2.49. The molecule has 0 bridgehead atoms. The van der Waals surface area contributed by atoms with Gasteiger partial charge < -0.3 is 14.2 Å². The third-order valence-electron chi connectivity index (χ3n) is 3.60. The van der Waals surface area contributed by atoms with Crippen LogP contribution in [0.5, 0.6) is 17.2 Å².